The van der Waals surface area contributed by atoms with E-state index in [-0.39, 0.29) is 6.61 Å². The standard InChI is InChI=1S/C17H16N2O2/c1-11-8-13(9-18)6-7-14(11)10-21-17(20)15-4-3-5-16(19)12(15)2/h3-8H,10,19H2,1-2H3. The van der Waals surface area contributed by atoms with Crippen LogP contribution in [0.4, 0.5) is 5.69 Å². The Morgan fingerprint density at radius 2 is 2.05 bits per heavy atom. The van der Waals surface area contributed by atoms with Gasteiger partial charge in [-0.3, -0.25) is 0 Å². The van der Waals surface area contributed by atoms with Gasteiger partial charge < -0.3 is 10.5 Å². The average molecular weight is 280 g/mol. The number of nitrogens with two attached hydrogens (primary N) is 1. The molecule has 0 radical (unpaired) electrons. The van der Waals surface area contributed by atoms with Gasteiger partial charge >= 0.3 is 5.97 Å². The largest absolute Gasteiger partial charge is 0.457 e. The molecule has 0 amide bonds. The number of nitriles is 1. The maximum Gasteiger partial charge on any atom is 0.338 e. The molecule has 2 aromatic carbocycles. The molecule has 0 aliphatic carbocycles. The summed E-state index contributed by atoms with van der Waals surface area (Å²) in [5.74, 6) is -0.399. The monoisotopic (exact) mass is 280 g/mol. The second-order valence-corrected chi connectivity index (χ2v) is 4.85. The van der Waals surface area contributed by atoms with Crippen LogP contribution in [0.15, 0.2) is 36.4 Å². The molecule has 2 aromatic rings. The van der Waals surface area contributed by atoms with E-state index in [0.29, 0.717) is 16.8 Å². The number of carbonyl (C=O) groups excluding carboxylic acids is 1. The van der Waals surface area contributed by atoms with Crippen molar-refractivity contribution in [2.24, 2.45) is 0 Å². The van der Waals surface area contributed by atoms with Gasteiger partial charge in [0.15, 0.2) is 0 Å². The van der Waals surface area contributed by atoms with Gasteiger partial charge in [0.05, 0.1) is 17.2 Å². The zero-order chi connectivity index (χ0) is 15.4. The molecule has 21 heavy (non-hydrogen) atoms. The number of rotatable bonds is 3. The Bertz CT molecular complexity index is 730. The minimum Gasteiger partial charge on any atom is -0.457 e. The number of hydrogen-bond acceptors (Lipinski definition) is 4. The van der Waals surface area contributed by atoms with Crippen molar-refractivity contribution in [3.63, 3.8) is 0 Å². The first-order valence-electron chi connectivity index (χ1n) is 6.54. The number of ether oxygens (including phenoxy) is 1. The normalized spacial score (nSPS) is 9.95. The van der Waals surface area contributed by atoms with E-state index >= 15 is 0 Å². The molecule has 2 rings (SSSR count). The second-order valence-electron chi connectivity index (χ2n) is 4.85. The number of anilines is 1. The predicted molar refractivity (Wildman–Crippen MR) is 80.6 cm³/mol. The summed E-state index contributed by atoms with van der Waals surface area (Å²) in [7, 11) is 0. The Balaban J connectivity index is 2.11. The Kier molecular flexibility index (Phi) is 4.24. The lowest BCUT2D eigenvalue weighted by atomic mass is 10.1. The first-order chi connectivity index (χ1) is 10.0. The van der Waals surface area contributed by atoms with Crippen molar-refractivity contribution in [1.82, 2.24) is 0 Å². The summed E-state index contributed by atoms with van der Waals surface area (Å²) in [4.78, 5) is 12.1. The predicted octanol–water partition coefficient (Wildman–Crippen LogP) is 3.11. The van der Waals surface area contributed by atoms with Gasteiger partial charge in [0.2, 0.25) is 0 Å². The van der Waals surface area contributed by atoms with E-state index < -0.39 is 5.97 Å². The molecule has 0 atom stereocenters. The summed E-state index contributed by atoms with van der Waals surface area (Å²) in [5.41, 5.74) is 9.94. The third-order valence-corrected chi connectivity index (χ3v) is 3.43. The number of esters is 1. The van der Waals surface area contributed by atoms with Crippen LogP contribution in [0.2, 0.25) is 0 Å². The SMILES string of the molecule is Cc1cc(C#N)ccc1COC(=O)c1cccc(N)c1C. The number of nitrogen functional groups attached to an aromatic ring is 1. The quantitative estimate of drug-likeness (QED) is 0.692. The summed E-state index contributed by atoms with van der Waals surface area (Å²) in [6.07, 6.45) is 0. The van der Waals surface area contributed by atoms with E-state index in [0.717, 1.165) is 16.7 Å². The second kappa shape index (κ2) is 6.10. The molecular formula is C17H16N2O2. The van der Waals surface area contributed by atoms with Gasteiger partial charge in [-0.15, -0.1) is 0 Å². The van der Waals surface area contributed by atoms with Gasteiger partial charge in [0.1, 0.15) is 6.61 Å². The maximum atomic E-state index is 12.1. The molecule has 0 bridgehead atoms. The molecule has 0 spiro atoms. The van der Waals surface area contributed by atoms with E-state index in [9.17, 15) is 4.79 Å². The summed E-state index contributed by atoms with van der Waals surface area (Å²) in [5, 5.41) is 8.83. The van der Waals surface area contributed by atoms with Crippen LogP contribution in [0.25, 0.3) is 0 Å². The van der Waals surface area contributed by atoms with Crippen molar-refractivity contribution < 1.29 is 9.53 Å². The molecular weight excluding hydrogens is 264 g/mol. The lowest BCUT2D eigenvalue weighted by Crippen LogP contribution is -2.09. The summed E-state index contributed by atoms with van der Waals surface area (Å²) in [6.45, 7) is 3.85. The Morgan fingerprint density at radius 3 is 2.71 bits per heavy atom. The molecule has 0 saturated heterocycles. The van der Waals surface area contributed by atoms with Gasteiger partial charge in [0, 0.05) is 5.69 Å². The average Bonchev–Trinajstić information content (AvgIpc) is 2.48. The van der Waals surface area contributed by atoms with E-state index in [2.05, 4.69) is 6.07 Å². The van der Waals surface area contributed by atoms with Crippen molar-refractivity contribution in [2.75, 3.05) is 5.73 Å². The van der Waals surface area contributed by atoms with E-state index in [1.54, 1.807) is 43.3 Å². The third-order valence-electron chi connectivity index (χ3n) is 3.43. The molecule has 0 saturated carbocycles. The minimum absolute atomic E-state index is 0.171. The van der Waals surface area contributed by atoms with Crippen LogP contribution in [-0.2, 0) is 11.3 Å². The maximum absolute atomic E-state index is 12.1. The highest BCUT2D eigenvalue weighted by Crippen LogP contribution is 2.18. The molecule has 4 nitrogen and oxygen atoms in total. The highest BCUT2D eigenvalue weighted by atomic mass is 16.5. The topological polar surface area (TPSA) is 76.1 Å². The minimum atomic E-state index is -0.399. The van der Waals surface area contributed by atoms with E-state index in [1.165, 1.54) is 0 Å². The molecule has 106 valence electrons. The smallest absolute Gasteiger partial charge is 0.338 e. The number of aryl methyl sites for hydroxylation is 1. The third kappa shape index (κ3) is 3.21. The Hall–Kier alpha value is -2.80. The van der Waals surface area contributed by atoms with Crippen molar-refractivity contribution in [3.05, 3.63) is 64.2 Å². The molecule has 0 fully saturated rings. The van der Waals surface area contributed by atoms with Crippen molar-refractivity contribution in [2.45, 2.75) is 20.5 Å². The highest BCUT2D eigenvalue weighted by Gasteiger charge is 2.12. The van der Waals surface area contributed by atoms with E-state index in [1.807, 2.05) is 6.92 Å². The fourth-order valence-corrected chi connectivity index (χ4v) is 2.02. The van der Waals surface area contributed by atoms with Crippen LogP contribution in [0.3, 0.4) is 0 Å². The molecule has 0 unspecified atom stereocenters. The van der Waals surface area contributed by atoms with Crippen LogP contribution < -0.4 is 5.73 Å². The molecule has 0 heterocycles. The molecule has 0 aliphatic heterocycles. The van der Waals surface area contributed by atoms with Gasteiger partial charge in [0.25, 0.3) is 0 Å². The number of carbonyl (C=O) groups is 1. The van der Waals surface area contributed by atoms with Crippen LogP contribution in [0.1, 0.15) is 32.6 Å². The van der Waals surface area contributed by atoms with Gasteiger partial charge in [-0.1, -0.05) is 12.1 Å². The number of nitrogens with zero attached hydrogens (tertiary/aromatic N) is 1. The van der Waals surface area contributed by atoms with Crippen LogP contribution in [-0.4, -0.2) is 5.97 Å². The van der Waals surface area contributed by atoms with Gasteiger partial charge in [-0.2, -0.15) is 5.26 Å². The number of benzene rings is 2. The van der Waals surface area contributed by atoms with Crippen molar-refractivity contribution >= 4 is 11.7 Å². The first kappa shape index (κ1) is 14.6. The zero-order valence-electron chi connectivity index (χ0n) is 12.0. The van der Waals surface area contributed by atoms with Gasteiger partial charge in [-0.05, 0) is 54.8 Å². The fourth-order valence-electron chi connectivity index (χ4n) is 2.02. The molecule has 0 aliphatic rings. The van der Waals surface area contributed by atoms with Crippen molar-refractivity contribution in [1.29, 1.82) is 5.26 Å². The van der Waals surface area contributed by atoms with Gasteiger partial charge in [-0.25, -0.2) is 4.79 Å². The molecule has 4 heteroatoms. The summed E-state index contributed by atoms with van der Waals surface area (Å²) in [6, 6.07) is 12.5. The molecule has 0 aromatic heterocycles. The summed E-state index contributed by atoms with van der Waals surface area (Å²) < 4.78 is 5.33. The van der Waals surface area contributed by atoms with Crippen molar-refractivity contribution in [3.8, 4) is 6.07 Å². The Labute approximate surface area is 123 Å². The fraction of sp³-hybridized carbons (Fsp3) is 0.176. The lowest BCUT2D eigenvalue weighted by Gasteiger charge is -2.10. The van der Waals surface area contributed by atoms with Crippen LogP contribution >= 0.6 is 0 Å². The van der Waals surface area contributed by atoms with E-state index in [4.69, 9.17) is 15.7 Å². The number of hydrogen-bond donors (Lipinski definition) is 1. The van der Waals surface area contributed by atoms with Crippen LogP contribution in [0.5, 0.6) is 0 Å². The Morgan fingerprint density at radius 1 is 1.29 bits per heavy atom. The first-order valence-corrected chi connectivity index (χ1v) is 6.54. The highest BCUT2D eigenvalue weighted by molar-refractivity contribution is 5.92. The molecule has 2 N–H and O–H groups in total. The zero-order valence-corrected chi connectivity index (χ0v) is 12.0. The lowest BCUT2D eigenvalue weighted by molar-refractivity contribution is 0.0471. The van der Waals surface area contributed by atoms with Crippen LogP contribution in [0, 0.1) is 25.2 Å². The summed E-state index contributed by atoms with van der Waals surface area (Å²) >= 11 is 0.